The second-order valence-corrected chi connectivity index (χ2v) is 26.6. The van der Waals surface area contributed by atoms with Gasteiger partial charge in [-0.1, -0.05) is 319 Å². The molecule has 0 aliphatic rings. The number of phosphoric ester groups is 1. The summed E-state index contributed by atoms with van der Waals surface area (Å²) < 4.78 is 23.4. The molecule has 3 unspecified atom stereocenters. The number of hydrogen-bond acceptors (Lipinski definition) is 6. The van der Waals surface area contributed by atoms with Crippen molar-refractivity contribution in [2.75, 3.05) is 40.9 Å². The Morgan fingerprint density at radius 3 is 1.07 bits per heavy atom. The molecule has 0 radical (unpaired) electrons. The van der Waals surface area contributed by atoms with Gasteiger partial charge in [0.25, 0.3) is 7.82 Å². The van der Waals surface area contributed by atoms with Crippen molar-refractivity contribution in [2.45, 2.75) is 353 Å². The minimum absolute atomic E-state index is 0.00943. The van der Waals surface area contributed by atoms with Gasteiger partial charge in [-0.15, -0.1) is 0 Å². The van der Waals surface area contributed by atoms with E-state index in [1.165, 1.54) is 270 Å². The van der Waals surface area contributed by atoms with Gasteiger partial charge in [0.1, 0.15) is 13.2 Å². The van der Waals surface area contributed by atoms with Crippen LogP contribution in [0.5, 0.6) is 0 Å². The monoisotopic (exact) mass is 1160 g/mol. The predicted octanol–water partition coefficient (Wildman–Crippen LogP) is 21.8. The molecule has 0 rings (SSSR count). The molecule has 0 saturated carbocycles. The topological polar surface area (TPSA) is 108 Å². The van der Waals surface area contributed by atoms with Crippen molar-refractivity contribution in [1.82, 2.24) is 5.32 Å². The van der Waals surface area contributed by atoms with E-state index in [0.29, 0.717) is 17.4 Å². The molecule has 0 saturated heterocycles. The summed E-state index contributed by atoms with van der Waals surface area (Å²) in [5, 5.41) is 13.9. The van der Waals surface area contributed by atoms with E-state index in [1.54, 1.807) is 6.08 Å². The van der Waals surface area contributed by atoms with Gasteiger partial charge in [0.15, 0.2) is 0 Å². The number of aliphatic hydroxyl groups excluding tert-OH is 1. The lowest BCUT2D eigenvalue weighted by Gasteiger charge is -2.29. The average molecular weight is 1160 g/mol. The van der Waals surface area contributed by atoms with Crippen LogP contribution >= 0.6 is 7.82 Å². The van der Waals surface area contributed by atoms with Crippen molar-refractivity contribution >= 4 is 13.7 Å². The third kappa shape index (κ3) is 65.6. The van der Waals surface area contributed by atoms with Crippen LogP contribution in [0.1, 0.15) is 341 Å². The van der Waals surface area contributed by atoms with Crippen molar-refractivity contribution < 1.29 is 32.9 Å². The number of hydrogen-bond donors (Lipinski definition) is 2. The van der Waals surface area contributed by atoms with E-state index in [0.717, 1.165) is 51.4 Å². The highest BCUT2D eigenvalue weighted by Gasteiger charge is 2.23. The van der Waals surface area contributed by atoms with E-state index >= 15 is 0 Å². The number of carbonyl (C=O) groups is 1. The van der Waals surface area contributed by atoms with Crippen molar-refractivity contribution in [1.29, 1.82) is 0 Å². The highest BCUT2D eigenvalue weighted by atomic mass is 31.2. The lowest BCUT2D eigenvalue weighted by molar-refractivity contribution is -0.870. The number of rotatable bonds is 65. The number of amides is 1. The van der Waals surface area contributed by atoms with E-state index in [9.17, 15) is 19.4 Å². The molecule has 0 aromatic heterocycles. The van der Waals surface area contributed by atoms with Gasteiger partial charge in [0.05, 0.1) is 39.9 Å². The minimum Gasteiger partial charge on any atom is -0.756 e. The Bertz CT molecular complexity index is 1500. The SMILES string of the molecule is CCCCCCCCCCCC/C=C/CC/C=C/CC/C=C/C(O)C(COP(=O)([O-])OCC[N+](C)(C)C)NC(=O)CCCCCCCCCCCCCCCCCCC/C=C\C/C=C\CCCCCCCCCCCCCCCCC. The van der Waals surface area contributed by atoms with Crippen LogP contribution in [0, 0.1) is 0 Å². The van der Waals surface area contributed by atoms with Crippen molar-refractivity contribution in [3.05, 3.63) is 60.8 Å². The van der Waals surface area contributed by atoms with Gasteiger partial charge in [-0.05, 0) is 77.0 Å². The zero-order valence-corrected chi connectivity index (χ0v) is 55.4. The molecule has 0 aromatic carbocycles. The number of likely N-dealkylation sites (N-methyl/N-ethyl adjacent to an activating group) is 1. The number of phosphoric acid groups is 1. The van der Waals surface area contributed by atoms with Crippen molar-refractivity contribution in [2.24, 2.45) is 0 Å². The molecule has 0 fully saturated rings. The zero-order chi connectivity index (χ0) is 59.1. The van der Waals surface area contributed by atoms with Crippen LogP contribution in [0.25, 0.3) is 0 Å². The number of carbonyl (C=O) groups excluding carboxylic acids is 1. The Kier molecular flexibility index (Phi) is 61.3. The first-order valence-electron chi connectivity index (χ1n) is 35.2. The highest BCUT2D eigenvalue weighted by Crippen LogP contribution is 2.38. The molecule has 476 valence electrons. The number of allylic oxidation sites excluding steroid dienone is 9. The molecule has 8 nitrogen and oxygen atoms in total. The molecular formula is C72H137N2O6P. The van der Waals surface area contributed by atoms with Crippen LogP contribution in [0.3, 0.4) is 0 Å². The number of aliphatic hydroxyl groups is 1. The third-order valence-electron chi connectivity index (χ3n) is 15.9. The standard InChI is InChI=1S/C72H137N2O6P/c1-6-8-10-12-14-16-18-20-22-24-26-28-29-30-31-32-33-34-35-36-37-38-39-40-41-42-43-44-45-46-48-50-52-54-56-58-60-62-64-66-72(76)73-70(69-80-81(77,78)79-68-67-74(3,4)5)71(75)65-63-61-59-57-55-53-51-49-47-27-25-23-21-19-17-15-13-11-9-7-2/h33-34,36-37,47,49,55,57,63,65,70-71,75H,6-32,35,38-46,48,50-54,56,58-62,64,66-69H2,1-5H3,(H-,73,76,77,78)/b34-33-,37-36-,49-47+,57-55+,65-63+. The third-order valence-corrected chi connectivity index (χ3v) is 16.9. The highest BCUT2D eigenvalue weighted by molar-refractivity contribution is 7.45. The first-order chi connectivity index (χ1) is 39.5. The molecule has 0 spiro atoms. The number of nitrogens with one attached hydrogen (secondary N) is 1. The summed E-state index contributed by atoms with van der Waals surface area (Å²) in [7, 11) is 1.24. The van der Waals surface area contributed by atoms with Crippen LogP contribution in [-0.2, 0) is 18.4 Å². The molecule has 2 N–H and O–H groups in total. The maximum absolute atomic E-state index is 13.0. The number of nitrogens with zero attached hydrogens (tertiary/aromatic N) is 1. The fourth-order valence-electron chi connectivity index (χ4n) is 10.5. The quantitative estimate of drug-likeness (QED) is 0.0272. The van der Waals surface area contributed by atoms with Gasteiger partial charge < -0.3 is 28.8 Å². The number of unbranched alkanes of at least 4 members (excludes halogenated alkanes) is 44. The summed E-state index contributed by atoms with van der Waals surface area (Å²) in [6.45, 7) is 4.66. The number of quaternary nitrogens is 1. The summed E-state index contributed by atoms with van der Waals surface area (Å²) in [6.07, 6.45) is 86.5. The van der Waals surface area contributed by atoms with Gasteiger partial charge in [-0.3, -0.25) is 9.36 Å². The second-order valence-electron chi connectivity index (χ2n) is 25.2. The molecule has 3 atom stereocenters. The lowest BCUT2D eigenvalue weighted by atomic mass is 10.0. The van der Waals surface area contributed by atoms with Gasteiger partial charge in [-0.25, -0.2) is 0 Å². The van der Waals surface area contributed by atoms with Crippen molar-refractivity contribution in [3.63, 3.8) is 0 Å². The van der Waals surface area contributed by atoms with Crippen LogP contribution < -0.4 is 10.2 Å². The Hall–Kier alpha value is -1.80. The van der Waals surface area contributed by atoms with E-state index in [2.05, 4.69) is 67.8 Å². The van der Waals surface area contributed by atoms with E-state index in [1.807, 2.05) is 27.2 Å². The fraction of sp³-hybridized carbons (Fsp3) is 0.847. The van der Waals surface area contributed by atoms with Gasteiger partial charge >= 0.3 is 0 Å². The average Bonchev–Trinajstić information content (AvgIpc) is 3.43. The summed E-state index contributed by atoms with van der Waals surface area (Å²) >= 11 is 0. The summed E-state index contributed by atoms with van der Waals surface area (Å²) in [6, 6.07) is -0.912. The zero-order valence-electron chi connectivity index (χ0n) is 54.5. The van der Waals surface area contributed by atoms with Gasteiger partial charge in [0.2, 0.25) is 5.91 Å². The molecule has 0 heterocycles. The van der Waals surface area contributed by atoms with Crippen LogP contribution in [-0.4, -0.2) is 68.5 Å². The van der Waals surface area contributed by atoms with E-state index in [-0.39, 0.29) is 12.5 Å². The smallest absolute Gasteiger partial charge is 0.268 e. The Balaban J connectivity index is 4.00. The Morgan fingerprint density at radius 1 is 0.432 bits per heavy atom. The van der Waals surface area contributed by atoms with Crippen LogP contribution in [0.2, 0.25) is 0 Å². The van der Waals surface area contributed by atoms with Gasteiger partial charge in [0, 0.05) is 6.42 Å². The van der Waals surface area contributed by atoms with Crippen LogP contribution in [0.15, 0.2) is 60.8 Å². The molecule has 0 bridgehead atoms. The summed E-state index contributed by atoms with van der Waals surface area (Å²) in [5.74, 6) is -0.208. The summed E-state index contributed by atoms with van der Waals surface area (Å²) in [4.78, 5) is 25.6. The maximum atomic E-state index is 13.0. The lowest BCUT2D eigenvalue weighted by Crippen LogP contribution is -2.45. The van der Waals surface area contributed by atoms with Crippen molar-refractivity contribution in [3.8, 4) is 0 Å². The molecule has 0 aromatic rings. The molecular weight excluding hydrogens is 1020 g/mol. The maximum Gasteiger partial charge on any atom is 0.268 e. The molecule has 0 aliphatic carbocycles. The molecule has 81 heavy (non-hydrogen) atoms. The molecule has 9 heteroatoms. The Labute approximate surface area is 504 Å². The van der Waals surface area contributed by atoms with Crippen LogP contribution in [0.4, 0.5) is 0 Å². The Morgan fingerprint density at radius 2 is 0.728 bits per heavy atom. The van der Waals surface area contributed by atoms with E-state index < -0.39 is 26.6 Å². The largest absolute Gasteiger partial charge is 0.756 e. The minimum atomic E-state index is -4.61. The van der Waals surface area contributed by atoms with Gasteiger partial charge in [-0.2, -0.15) is 0 Å². The predicted molar refractivity (Wildman–Crippen MR) is 353 cm³/mol. The normalized spacial score (nSPS) is 14.0. The molecule has 0 aliphatic heterocycles. The summed E-state index contributed by atoms with van der Waals surface area (Å²) in [5.41, 5.74) is 0. The second kappa shape index (κ2) is 62.7. The fourth-order valence-corrected chi connectivity index (χ4v) is 11.2. The first kappa shape index (κ1) is 79.2. The first-order valence-corrected chi connectivity index (χ1v) is 36.6. The molecule has 1 amide bonds. The van der Waals surface area contributed by atoms with E-state index in [4.69, 9.17) is 9.05 Å².